The van der Waals surface area contributed by atoms with Gasteiger partial charge in [-0.3, -0.25) is 0 Å². The number of rotatable bonds is 8. The molecule has 1 aromatic carbocycles. The predicted octanol–water partition coefficient (Wildman–Crippen LogP) is 6.98. The molecule has 0 spiro atoms. The Morgan fingerprint density at radius 3 is 2.67 bits per heavy atom. The standard InChI is InChI=1S/C24H28BrF3N4O/c1-4-19(10-11-24(26,27)28)30-23(33)32(5-2)16(3)17-6-8-21(25)20(14-17)18-7-9-22-29-12-13-31(22)15-18/h6-9,12-16,19H,4-5,10-11H2,1-3H3,(H,30,33)/t16-,19?/m1/s1. The summed E-state index contributed by atoms with van der Waals surface area (Å²) in [5.41, 5.74) is 3.75. The lowest BCUT2D eigenvalue weighted by atomic mass is 10.00. The Bertz CT molecular complexity index is 1100. The van der Waals surface area contributed by atoms with Gasteiger partial charge in [-0.25, -0.2) is 9.78 Å². The van der Waals surface area contributed by atoms with Gasteiger partial charge in [0.25, 0.3) is 0 Å². The van der Waals surface area contributed by atoms with Gasteiger partial charge in [0.2, 0.25) is 0 Å². The second kappa shape index (κ2) is 10.6. The molecule has 3 rings (SSSR count). The molecule has 1 unspecified atom stereocenters. The van der Waals surface area contributed by atoms with E-state index in [1.807, 2.05) is 61.0 Å². The summed E-state index contributed by atoms with van der Waals surface area (Å²) in [5, 5.41) is 2.78. The first-order valence-corrected chi connectivity index (χ1v) is 11.8. The summed E-state index contributed by atoms with van der Waals surface area (Å²) >= 11 is 3.62. The number of hydrogen-bond acceptors (Lipinski definition) is 2. The third kappa shape index (κ3) is 6.28. The molecule has 2 heterocycles. The molecule has 0 aliphatic heterocycles. The van der Waals surface area contributed by atoms with Crippen molar-refractivity contribution < 1.29 is 18.0 Å². The maximum atomic E-state index is 12.9. The van der Waals surface area contributed by atoms with Crippen LogP contribution in [-0.4, -0.2) is 39.1 Å². The second-order valence-electron chi connectivity index (χ2n) is 8.02. The predicted molar refractivity (Wildman–Crippen MR) is 127 cm³/mol. The number of nitrogens with one attached hydrogen (secondary N) is 1. The minimum Gasteiger partial charge on any atom is -0.335 e. The number of carbonyl (C=O) groups excluding carboxylic acids is 1. The molecule has 0 aliphatic carbocycles. The molecule has 178 valence electrons. The van der Waals surface area contributed by atoms with Crippen LogP contribution in [0.2, 0.25) is 0 Å². The fraction of sp³-hybridized carbons (Fsp3) is 0.417. The molecule has 2 amide bonds. The number of urea groups is 1. The monoisotopic (exact) mass is 524 g/mol. The summed E-state index contributed by atoms with van der Waals surface area (Å²) in [5.74, 6) is 0. The molecule has 2 aromatic heterocycles. The van der Waals surface area contributed by atoms with E-state index in [9.17, 15) is 18.0 Å². The Balaban J connectivity index is 1.79. The number of nitrogens with zero attached hydrogens (tertiary/aromatic N) is 3. The van der Waals surface area contributed by atoms with E-state index in [1.54, 1.807) is 18.0 Å². The van der Waals surface area contributed by atoms with Gasteiger partial charge in [0.05, 0.1) is 6.04 Å². The van der Waals surface area contributed by atoms with Crippen molar-refractivity contribution in [2.45, 2.75) is 58.3 Å². The molecule has 1 N–H and O–H groups in total. The zero-order valence-electron chi connectivity index (χ0n) is 18.9. The highest BCUT2D eigenvalue weighted by atomic mass is 79.9. The van der Waals surface area contributed by atoms with Crippen LogP contribution in [0.15, 0.2) is 53.4 Å². The van der Waals surface area contributed by atoms with Crippen LogP contribution in [0.1, 0.15) is 51.6 Å². The Labute approximate surface area is 200 Å². The summed E-state index contributed by atoms with van der Waals surface area (Å²) in [7, 11) is 0. The summed E-state index contributed by atoms with van der Waals surface area (Å²) in [6.45, 7) is 5.99. The normalized spacial score (nSPS) is 13.7. The van der Waals surface area contributed by atoms with Gasteiger partial charge in [0.15, 0.2) is 0 Å². The number of carbonyl (C=O) groups is 1. The number of alkyl halides is 3. The summed E-state index contributed by atoms with van der Waals surface area (Å²) in [4.78, 5) is 18.8. The highest BCUT2D eigenvalue weighted by Crippen LogP contribution is 2.33. The van der Waals surface area contributed by atoms with E-state index in [4.69, 9.17) is 0 Å². The average molecular weight is 525 g/mol. The van der Waals surface area contributed by atoms with Crippen LogP contribution in [0, 0.1) is 0 Å². The van der Waals surface area contributed by atoms with Crippen molar-refractivity contribution >= 4 is 27.6 Å². The Morgan fingerprint density at radius 2 is 2.00 bits per heavy atom. The lowest BCUT2D eigenvalue weighted by Gasteiger charge is -2.31. The van der Waals surface area contributed by atoms with Crippen molar-refractivity contribution in [2.75, 3.05) is 6.54 Å². The Hall–Kier alpha value is -2.55. The molecule has 0 aliphatic rings. The number of aromatic nitrogens is 2. The highest BCUT2D eigenvalue weighted by molar-refractivity contribution is 9.10. The molecule has 5 nitrogen and oxygen atoms in total. The quantitative estimate of drug-likeness (QED) is 0.345. The van der Waals surface area contributed by atoms with Crippen LogP contribution in [0.4, 0.5) is 18.0 Å². The molecule has 3 aromatic rings. The van der Waals surface area contributed by atoms with Gasteiger partial charge in [0, 0.05) is 42.1 Å². The van der Waals surface area contributed by atoms with Crippen molar-refractivity contribution in [3.63, 3.8) is 0 Å². The van der Waals surface area contributed by atoms with Crippen molar-refractivity contribution in [3.05, 3.63) is 59.0 Å². The van der Waals surface area contributed by atoms with Crippen molar-refractivity contribution in [2.24, 2.45) is 0 Å². The molecule has 0 radical (unpaired) electrons. The molecule has 0 bridgehead atoms. The second-order valence-corrected chi connectivity index (χ2v) is 8.87. The number of halogens is 4. The van der Waals surface area contributed by atoms with Gasteiger partial charge in [-0.05, 0) is 67.6 Å². The van der Waals surface area contributed by atoms with Gasteiger partial charge in [-0.15, -0.1) is 0 Å². The van der Waals surface area contributed by atoms with Crippen LogP contribution in [-0.2, 0) is 0 Å². The number of imidazole rings is 1. The number of fused-ring (bicyclic) bond motifs is 1. The maximum Gasteiger partial charge on any atom is 0.389 e. The maximum absolute atomic E-state index is 12.9. The van der Waals surface area contributed by atoms with Crippen LogP contribution in [0.25, 0.3) is 16.8 Å². The molecular weight excluding hydrogens is 497 g/mol. The molecule has 9 heteroatoms. The van der Waals surface area contributed by atoms with E-state index < -0.39 is 18.6 Å². The minimum atomic E-state index is -4.23. The highest BCUT2D eigenvalue weighted by Gasteiger charge is 2.29. The summed E-state index contributed by atoms with van der Waals surface area (Å²) in [6.07, 6.45) is 0.777. The van der Waals surface area contributed by atoms with E-state index in [0.717, 1.165) is 26.8 Å². The van der Waals surface area contributed by atoms with Crippen molar-refractivity contribution in [1.29, 1.82) is 0 Å². The first-order chi connectivity index (χ1) is 15.6. The summed E-state index contributed by atoms with van der Waals surface area (Å²) in [6, 6.07) is 8.71. The molecule has 0 saturated heterocycles. The molecule has 0 saturated carbocycles. The van der Waals surface area contributed by atoms with Crippen LogP contribution in [0.5, 0.6) is 0 Å². The smallest absolute Gasteiger partial charge is 0.335 e. The van der Waals surface area contributed by atoms with Gasteiger partial charge >= 0.3 is 12.2 Å². The van der Waals surface area contributed by atoms with Gasteiger partial charge < -0.3 is 14.6 Å². The van der Waals surface area contributed by atoms with Crippen LogP contribution < -0.4 is 5.32 Å². The van der Waals surface area contributed by atoms with E-state index in [-0.39, 0.29) is 18.5 Å². The minimum absolute atomic E-state index is 0.128. The van der Waals surface area contributed by atoms with E-state index in [2.05, 4.69) is 26.2 Å². The Morgan fingerprint density at radius 1 is 1.24 bits per heavy atom. The molecule has 33 heavy (non-hydrogen) atoms. The number of hydrogen-bond donors (Lipinski definition) is 1. The summed E-state index contributed by atoms with van der Waals surface area (Å²) < 4.78 is 40.7. The van der Waals surface area contributed by atoms with Crippen molar-refractivity contribution in [3.8, 4) is 11.1 Å². The number of benzene rings is 1. The zero-order chi connectivity index (χ0) is 24.2. The fourth-order valence-corrected chi connectivity index (χ4v) is 4.33. The average Bonchev–Trinajstić information content (AvgIpc) is 3.24. The molecule has 2 atom stereocenters. The largest absolute Gasteiger partial charge is 0.389 e. The molecule has 0 fully saturated rings. The lowest BCUT2D eigenvalue weighted by Crippen LogP contribution is -2.45. The van der Waals surface area contributed by atoms with Crippen LogP contribution >= 0.6 is 15.9 Å². The first-order valence-electron chi connectivity index (χ1n) is 11.0. The Kier molecular flexibility index (Phi) is 8.05. The molecular formula is C24H28BrF3N4O. The zero-order valence-corrected chi connectivity index (χ0v) is 20.4. The van der Waals surface area contributed by atoms with Gasteiger partial charge in [-0.2, -0.15) is 13.2 Å². The SMILES string of the molecule is CCC(CCC(F)(F)F)NC(=O)N(CC)[C@H](C)c1ccc(Br)c(-c2ccc3nccn3c2)c1. The van der Waals surface area contributed by atoms with Crippen LogP contribution in [0.3, 0.4) is 0 Å². The lowest BCUT2D eigenvalue weighted by molar-refractivity contribution is -0.136. The van der Waals surface area contributed by atoms with E-state index in [0.29, 0.717) is 13.0 Å². The third-order valence-electron chi connectivity index (χ3n) is 5.84. The first kappa shape index (κ1) is 25.1. The van der Waals surface area contributed by atoms with Gasteiger partial charge in [-0.1, -0.05) is 28.9 Å². The van der Waals surface area contributed by atoms with E-state index in [1.165, 1.54) is 0 Å². The topological polar surface area (TPSA) is 49.6 Å². The fourth-order valence-electron chi connectivity index (χ4n) is 3.85. The number of amides is 2. The van der Waals surface area contributed by atoms with E-state index >= 15 is 0 Å². The van der Waals surface area contributed by atoms with Gasteiger partial charge in [0.1, 0.15) is 5.65 Å². The van der Waals surface area contributed by atoms with Crippen molar-refractivity contribution in [1.82, 2.24) is 19.6 Å². The third-order valence-corrected chi connectivity index (χ3v) is 6.53. The number of pyridine rings is 1.